The molecule has 0 amide bonds. The predicted octanol–water partition coefficient (Wildman–Crippen LogP) is 4.50. The third kappa shape index (κ3) is 2.74. The van der Waals surface area contributed by atoms with Crippen molar-refractivity contribution in [2.45, 2.75) is 5.92 Å². The van der Waals surface area contributed by atoms with Gasteiger partial charge in [-0.3, -0.25) is 0 Å². The second-order valence-corrected chi connectivity index (χ2v) is 4.75. The second-order valence-electron chi connectivity index (χ2n) is 4.75. The molecule has 1 aliphatic rings. The summed E-state index contributed by atoms with van der Waals surface area (Å²) in [5, 5.41) is 0. The van der Waals surface area contributed by atoms with E-state index < -0.39 is 0 Å². The second kappa shape index (κ2) is 5.74. The van der Waals surface area contributed by atoms with Gasteiger partial charge in [-0.1, -0.05) is 24.3 Å². The van der Waals surface area contributed by atoms with E-state index in [2.05, 4.69) is 0 Å². The minimum atomic E-state index is -0.255. The summed E-state index contributed by atoms with van der Waals surface area (Å²) in [5.41, 5.74) is 1.98. The SMILES string of the molecule is Fc1ccc(C([C]2[CH][CH][CH][CH]2)c2ccc(F)cc2)cc1. The summed E-state index contributed by atoms with van der Waals surface area (Å²) in [6.07, 6.45) is 7.99. The molecule has 0 saturated heterocycles. The third-order valence-electron chi connectivity index (χ3n) is 3.43. The largest absolute Gasteiger partial charge is 0.207 e. The van der Waals surface area contributed by atoms with Crippen LogP contribution in [-0.4, -0.2) is 0 Å². The Morgan fingerprint density at radius 1 is 0.600 bits per heavy atom. The summed E-state index contributed by atoms with van der Waals surface area (Å²) in [6.45, 7) is 0. The van der Waals surface area contributed by atoms with Gasteiger partial charge in [0, 0.05) is 5.92 Å². The van der Waals surface area contributed by atoms with E-state index in [9.17, 15) is 8.78 Å². The van der Waals surface area contributed by atoms with Crippen LogP contribution in [0.15, 0.2) is 48.5 Å². The van der Waals surface area contributed by atoms with E-state index in [4.69, 9.17) is 0 Å². The molecule has 0 N–H and O–H groups in total. The Morgan fingerprint density at radius 2 is 1.00 bits per heavy atom. The number of rotatable bonds is 3. The lowest BCUT2D eigenvalue weighted by Crippen LogP contribution is -2.10. The van der Waals surface area contributed by atoms with E-state index in [0.717, 1.165) is 17.0 Å². The van der Waals surface area contributed by atoms with Crippen LogP contribution in [0.25, 0.3) is 0 Å². The normalized spacial score (nSPS) is 15.9. The molecule has 1 fully saturated rings. The lowest BCUT2D eigenvalue weighted by Gasteiger charge is -2.23. The van der Waals surface area contributed by atoms with Gasteiger partial charge in [0.05, 0.1) is 0 Å². The van der Waals surface area contributed by atoms with Crippen molar-refractivity contribution in [1.29, 1.82) is 0 Å². The fraction of sp³-hybridized carbons (Fsp3) is 0.0556. The lowest BCUT2D eigenvalue weighted by molar-refractivity contribution is 0.625. The Hall–Kier alpha value is -1.70. The molecule has 0 spiro atoms. The topological polar surface area (TPSA) is 0 Å². The Balaban J connectivity index is 1.98. The maximum Gasteiger partial charge on any atom is 0.123 e. The predicted molar refractivity (Wildman–Crippen MR) is 75.1 cm³/mol. The highest BCUT2D eigenvalue weighted by Gasteiger charge is 2.29. The zero-order valence-electron chi connectivity index (χ0n) is 10.8. The first-order valence-electron chi connectivity index (χ1n) is 6.46. The van der Waals surface area contributed by atoms with Crippen molar-refractivity contribution in [2.75, 3.05) is 0 Å². The molecule has 0 nitrogen and oxygen atoms in total. The van der Waals surface area contributed by atoms with E-state index in [0.29, 0.717) is 0 Å². The summed E-state index contributed by atoms with van der Waals surface area (Å²) in [4.78, 5) is 0. The van der Waals surface area contributed by atoms with Crippen molar-refractivity contribution in [3.8, 4) is 0 Å². The molecule has 1 saturated carbocycles. The van der Waals surface area contributed by atoms with Gasteiger partial charge in [-0.15, -0.1) is 0 Å². The summed E-state index contributed by atoms with van der Waals surface area (Å²) in [7, 11) is 0. The zero-order valence-corrected chi connectivity index (χ0v) is 10.8. The van der Waals surface area contributed by atoms with Crippen LogP contribution in [0.3, 0.4) is 0 Å². The van der Waals surface area contributed by atoms with E-state index in [-0.39, 0.29) is 17.6 Å². The number of benzene rings is 2. The summed E-state index contributed by atoms with van der Waals surface area (Å²) in [6, 6.07) is 12.9. The first-order chi connectivity index (χ1) is 9.74. The molecule has 3 rings (SSSR count). The van der Waals surface area contributed by atoms with Crippen LogP contribution < -0.4 is 0 Å². The summed E-state index contributed by atoms with van der Waals surface area (Å²) < 4.78 is 26.2. The molecule has 20 heavy (non-hydrogen) atoms. The average molecular weight is 267 g/mol. The van der Waals surface area contributed by atoms with Gasteiger partial charge in [0.2, 0.25) is 0 Å². The van der Waals surface area contributed by atoms with Gasteiger partial charge in [-0.25, -0.2) is 8.78 Å². The van der Waals surface area contributed by atoms with Crippen LogP contribution in [0.1, 0.15) is 17.0 Å². The van der Waals surface area contributed by atoms with Crippen molar-refractivity contribution in [3.05, 3.63) is 103 Å². The molecule has 0 aliphatic heterocycles. The van der Waals surface area contributed by atoms with Gasteiger partial charge < -0.3 is 0 Å². The van der Waals surface area contributed by atoms with Gasteiger partial charge >= 0.3 is 0 Å². The molecule has 0 aromatic heterocycles. The maximum atomic E-state index is 13.1. The standard InChI is InChI=1S/C18H13F2/c19-16-9-5-14(6-10-16)18(13-3-1-2-4-13)15-7-11-17(20)12-8-15/h1-12,18H. The van der Waals surface area contributed by atoms with Crippen molar-refractivity contribution >= 4 is 0 Å². The number of halogens is 2. The highest BCUT2D eigenvalue weighted by atomic mass is 19.1. The molecular formula is C18H13F2. The van der Waals surface area contributed by atoms with Gasteiger partial charge in [0.25, 0.3) is 0 Å². The fourth-order valence-corrected chi connectivity index (χ4v) is 2.47. The monoisotopic (exact) mass is 267 g/mol. The average Bonchev–Trinajstić information content (AvgIpc) is 2.97. The number of hydrogen-bond donors (Lipinski definition) is 0. The highest BCUT2D eigenvalue weighted by molar-refractivity contribution is 5.49. The zero-order chi connectivity index (χ0) is 13.9. The first-order valence-corrected chi connectivity index (χ1v) is 6.46. The molecule has 2 aromatic carbocycles. The molecule has 2 aromatic rings. The van der Waals surface area contributed by atoms with Crippen LogP contribution in [0.4, 0.5) is 8.78 Å². The molecular weight excluding hydrogens is 254 g/mol. The van der Waals surface area contributed by atoms with Crippen molar-refractivity contribution in [2.24, 2.45) is 0 Å². The number of hydrogen-bond acceptors (Lipinski definition) is 0. The minimum absolute atomic E-state index is 0.00815. The van der Waals surface area contributed by atoms with Crippen molar-refractivity contribution in [3.63, 3.8) is 0 Å². The Bertz CT molecular complexity index is 505. The molecule has 1 aliphatic carbocycles. The van der Waals surface area contributed by atoms with E-state index in [1.165, 1.54) is 24.3 Å². The van der Waals surface area contributed by atoms with Crippen LogP contribution in [0, 0.1) is 43.2 Å². The summed E-state index contributed by atoms with van der Waals surface area (Å²) >= 11 is 0. The molecule has 0 unspecified atom stereocenters. The molecule has 99 valence electrons. The van der Waals surface area contributed by atoms with E-state index in [1.807, 2.05) is 25.7 Å². The van der Waals surface area contributed by atoms with Crippen molar-refractivity contribution < 1.29 is 8.78 Å². The van der Waals surface area contributed by atoms with Gasteiger partial charge in [0.15, 0.2) is 0 Å². The summed E-state index contributed by atoms with van der Waals surface area (Å²) in [5.74, 6) is 0.595. The minimum Gasteiger partial charge on any atom is -0.207 e. The molecule has 0 atom stereocenters. The quantitative estimate of drug-likeness (QED) is 0.768. The lowest BCUT2D eigenvalue weighted by atomic mass is 9.80. The first kappa shape index (κ1) is 13.3. The van der Waals surface area contributed by atoms with Crippen LogP contribution in [0.2, 0.25) is 0 Å². The van der Waals surface area contributed by atoms with E-state index in [1.54, 1.807) is 24.3 Å². The molecule has 2 heteroatoms. The molecule has 5 radical (unpaired) electrons. The third-order valence-corrected chi connectivity index (χ3v) is 3.43. The van der Waals surface area contributed by atoms with Crippen LogP contribution >= 0.6 is 0 Å². The highest BCUT2D eigenvalue weighted by Crippen LogP contribution is 2.41. The maximum absolute atomic E-state index is 13.1. The van der Waals surface area contributed by atoms with Crippen molar-refractivity contribution in [1.82, 2.24) is 0 Å². The van der Waals surface area contributed by atoms with E-state index >= 15 is 0 Å². The van der Waals surface area contributed by atoms with Crippen LogP contribution in [0.5, 0.6) is 0 Å². The van der Waals surface area contributed by atoms with Gasteiger partial charge in [-0.05, 0) is 67.0 Å². The smallest absolute Gasteiger partial charge is 0.123 e. The van der Waals surface area contributed by atoms with Gasteiger partial charge in [0.1, 0.15) is 11.6 Å². The van der Waals surface area contributed by atoms with Crippen LogP contribution in [-0.2, 0) is 0 Å². The Morgan fingerprint density at radius 3 is 1.40 bits per heavy atom. The Labute approximate surface area is 118 Å². The molecule has 0 heterocycles. The van der Waals surface area contributed by atoms with Gasteiger partial charge in [-0.2, -0.15) is 0 Å². The molecule has 0 bridgehead atoms. The fourth-order valence-electron chi connectivity index (χ4n) is 2.47. The Kier molecular flexibility index (Phi) is 3.81.